The third-order valence-electron chi connectivity index (χ3n) is 2.67. The molecule has 0 fully saturated rings. The van der Waals surface area contributed by atoms with Crippen LogP contribution < -0.4 is 15.8 Å². The zero-order valence-electron chi connectivity index (χ0n) is 10.8. The predicted octanol–water partition coefficient (Wildman–Crippen LogP) is 2.93. The highest BCUT2D eigenvalue weighted by Crippen LogP contribution is 2.28. The number of hydrogen-bond donors (Lipinski definition) is 2. The zero-order valence-corrected chi connectivity index (χ0v) is 12.4. The van der Waals surface area contributed by atoms with Crippen LogP contribution in [0.25, 0.3) is 0 Å². The van der Waals surface area contributed by atoms with Gasteiger partial charge in [-0.3, -0.25) is 4.79 Å². The van der Waals surface area contributed by atoms with Crippen molar-refractivity contribution in [3.8, 4) is 5.75 Å². The van der Waals surface area contributed by atoms with E-state index < -0.39 is 0 Å². The minimum absolute atomic E-state index is 0.0650. The van der Waals surface area contributed by atoms with E-state index in [1.165, 1.54) is 0 Å². The lowest BCUT2D eigenvalue weighted by Gasteiger charge is -2.12. The number of rotatable bonds is 5. The lowest BCUT2D eigenvalue weighted by Crippen LogP contribution is -2.20. The van der Waals surface area contributed by atoms with E-state index in [0.29, 0.717) is 12.3 Å². The number of carbonyl (C=O) groups is 1. The van der Waals surface area contributed by atoms with Crippen molar-refractivity contribution < 1.29 is 9.53 Å². The third kappa shape index (κ3) is 3.82. The van der Waals surface area contributed by atoms with Crippen molar-refractivity contribution >= 4 is 27.5 Å². The lowest BCUT2D eigenvalue weighted by molar-refractivity contribution is -0.118. The van der Waals surface area contributed by atoms with Crippen LogP contribution in [0.2, 0.25) is 0 Å². The molecular weight excluding hydrogens is 320 g/mol. The normalized spacial score (nSPS) is 10.1. The molecule has 0 atom stereocenters. The Bertz CT molecular complexity index is 588. The first-order valence-corrected chi connectivity index (χ1v) is 6.95. The molecule has 1 amide bonds. The monoisotopic (exact) mass is 334 g/mol. The smallest absolute Gasteiger partial charge is 0.262 e. The standard InChI is InChI=1S/C15H15BrN2O2/c16-13-8-4-5-11(9-17)15(13)20-10-14(19)18-12-6-2-1-3-7-12/h1-8H,9-10,17H2,(H,18,19). The van der Waals surface area contributed by atoms with Crippen LogP contribution in [0.4, 0.5) is 5.69 Å². The van der Waals surface area contributed by atoms with Crippen LogP contribution in [-0.2, 0) is 11.3 Å². The molecule has 0 saturated heterocycles. The number of nitrogens with two attached hydrogens (primary N) is 1. The highest BCUT2D eigenvalue weighted by molar-refractivity contribution is 9.10. The SMILES string of the molecule is NCc1cccc(Br)c1OCC(=O)Nc1ccccc1. The summed E-state index contributed by atoms with van der Waals surface area (Å²) in [6.45, 7) is 0.291. The fraction of sp³-hybridized carbons (Fsp3) is 0.133. The van der Waals surface area contributed by atoms with Crippen LogP contribution in [0.3, 0.4) is 0 Å². The summed E-state index contributed by atoms with van der Waals surface area (Å²) in [5.41, 5.74) is 7.24. The maximum atomic E-state index is 11.8. The summed E-state index contributed by atoms with van der Waals surface area (Å²) in [6, 6.07) is 14.8. The minimum atomic E-state index is -0.213. The molecule has 0 aliphatic rings. The molecule has 2 rings (SSSR count). The molecule has 0 bridgehead atoms. The fourth-order valence-electron chi connectivity index (χ4n) is 1.73. The van der Waals surface area contributed by atoms with Crippen LogP contribution in [0, 0.1) is 0 Å². The van der Waals surface area contributed by atoms with Crippen LogP contribution in [0.15, 0.2) is 53.0 Å². The summed E-state index contributed by atoms with van der Waals surface area (Å²) in [4.78, 5) is 11.8. The van der Waals surface area contributed by atoms with Crippen LogP contribution in [0.5, 0.6) is 5.75 Å². The van der Waals surface area contributed by atoms with Gasteiger partial charge in [-0.05, 0) is 34.1 Å². The second-order valence-electron chi connectivity index (χ2n) is 4.14. The number of para-hydroxylation sites is 2. The van der Waals surface area contributed by atoms with Gasteiger partial charge in [0, 0.05) is 17.8 Å². The maximum Gasteiger partial charge on any atom is 0.262 e. The Hall–Kier alpha value is -1.85. The number of carbonyl (C=O) groups excluding carboxylic acids is 1. The molecule has 0 radical (unpaired) electrons. The molecule has 104 valence electrons. The second kappa shape index (κ2) is 7.07. The van der Waals surface area contributed by atoms with Crippen LogP contribution >= 0.6 is 15.9 Å². The molecule has 4 nitrogen and oxygen atoms in total. The van der Waals surface area contributed by atoms with Gasteiger partial charge in [-0.2, -0.15) is 0 Å². The molecule has 0 unspecified atom stereocenters. The van der Waals surface area contributed by atoms with Gasteiger partial charge < -0.3 is 15.8 Å². The molecule has 0 saturated carbocycles. The van der Waals surface area contributed by atoms with E-state index in [-0.39, 0.29) is 12.5 Å². The van der Waals surface area contributed by atoms with Crippen molar-refractivity contribution in [2.24, 2.45) is 5.73 Å². The number of benzene rings is 2. The lowest BCUT2D eigenvalue weighted by atomic mass is 10.2. The van der Waals surface area contributed by atoms with Gasteiger partial charge in [0.15, 0.2) is 6.61 Å². The first-order chi connectivity index (χ1) is 9.70. The van der Waals surface area contributed by atoms with E-state index in [1.807, 2.05) is 48.5 Å². The number of anilines is 1. The Morgan fingerprint density at radius 2 is 1.90 bits per heavy atom. The Labute approximate surface area is 126 Å². The van der Waals surface area contributed by atoms with Crippen molar-refractivity contribution in [2.75, 3.05) is 11.9 Å². The summed E-state index contributed by atoms with van der Waals surface area (Å²) in [7, 11) is 0. The highest BCUT2D eigenvalue weighted by Gasteiger charge is 2.09. The molecule has 0 aromatic heterocycles. The molecule has 2 aromatic carbocycles. The third-order valence-corrected chi connectivity index (χ3v) is 3.30. The Morgan fingerprint density at radius 1 is 1.15 bits per heavy atom. The van der Waals surface area contributed by atoms with Gasteiger partial charge in [0.1, 0.15) is 5.75 Å². The molecule has 0 aliphatic heterocycles. The molecule has 3 N–H and O–H groups in total. The molecule has 0 aliphatic carbocycles. The number of nitrogens with one attached hydrogen (secondary N) is 1. The number of amides is 1. The molecule has 5 heteroatoms. The summed E-state index contributed by atoms with van der Waals surface area (Å²) >= 11 is 3.39. The summed E-state index contributed by atoms with van der Waals surface area (Å²) in [5, 5.41) is 2.76. The average molecular weight is 335 g/mol. The van der Waals surface area contributed by atoms with Crippen molar-refractivity contribution in [3.63, 3.8) is 0 Å². The van der Waals surface area contributed by atoms with Crippen LogP contribution in [-0.4, -0.2) is 12.5 Å². The molecule has 0 spiro atoms. The molecule has 2 aromatic rings. The Balaban J connectivity index is 1.97. The highest BCUT2D eigenvalue weighted by atomic mass is 79.9. The number of ether oxygens (including phenoxy) is 1. The van der Waals surface area contributed by atoms with Crippen LogP contribution in [0.1, 0.15) is 5.56 Å². The first kappa shape index (κ1) is 14.6. The van der Waals surface area contributed by atoms with Gasteiger partial charge in [-0.15, -0.1) is 0 Å². The van der Waals surface area contributed by atoms with Gasteiger partial charge in [0.25, 0.3) is 5.91 Å². The fourth-order valence-corrected chi connectivity index (χ4v) is 2.25. The maximum absolute atomic E-state index is 11.8. The Kier molecular flexibility index (Phi) is 5.15. The molecule has 0 heterocycles. The van der Waals surface area contributed by atoms with Gasteiger partial charge >= 0.3 is 0 Å². The van der Waals surface area contributed by atoms with Crippen molar-refractivity contribution in [1.29, 1.82) is 0 Å². The summed E-state index contributed by atoms with van der Waals surface area (Å²) < 4.78 is 6.34. The van der Waals surface area contributed by atoms with E-state index in [9.17, 15) is 4.79 Å². The van der Waals surface area contributed by atoms with Gasteiger partial charge in [-0.1, -0.05) is 30.3 Å². The zero-order chi connectivity index (χ0) is 14.4. The van der Waals surface area contributed by atoms with Gasteiger partial charge in [-0.25, -0.2) is 0 Å². The molecule has 20 heavy (non-hydrogen) atoms. The summed E-state index contributed by atoms with van der Waals surface area (Å²) in [5.74, 6) is 0.396. The first-order valence-electron chi connectivity index (χ1n) is 6.16. The van der Waals surface area contributed by atoms with E-state index >= 15 is 0 Å². The van der Waals surface area contributed by atoms with E-state index in [0.717, 1.165) is 15.7 Å². The van der Waals surface area contributed by atoms with E-state index in [4.69, 9.17) is 10.5 Å². The average Bonchev–Trinajstić information content (AvgIpc) is 2.46. The van der Waals surface area contributed by atoms with Crippen molar-refractivity contribution in [2.45, 2.75) is 6.54 Å². The minimum Gasteiger partial charge on any atom is -0.482 e. The molecular formula is C15H15BrN2O2. The quantitative estimate of drug-likeness (QED) is 0.883. The Morgan fingerprint density at radius 3 is 2.60 bits per heavy atom. The van der Waals surface area contributed by atoms with Gasteiger partial charge in [0.05, 0.1) is 4.47 Å². The number of halogens is 1. The predicted molar refractivity (Wildman–Crippen MR) is 82.6 cm³/mol. The van der Waals surface area contributed by atoms with Crippen molar-refractivity contribution in [1.82, 2.24) is 0 Å². The van der Waals surface area contributed by atoms with Crippen molar-refractivity contribution in [3.05, 3.63) is 58.6 Å². The van der Waals surface area contributed by atoms with E-state index in [1.54, 1.807) is 0 Å². The topological polar surface area (TPSA) is 64.3 Å². The number of hydrogen-bond acceptors (Lipinski definition) is 3. The second-order valence-corrected chi connectivity index (χ2v) is 4.99. The largest absolute Gasteiger partial charge is 0.482 e. The summed E-state index contributed by atoms with van der Waals surface area (Å²) in [6.07, 6.45) is 0. The van der Waals surface area contributed by atoms with E-state index in [2.05, 4.69) is 21.2 Å². The van der Waals surface area contributed by atoms with Gasteiger partial charge in [0.2, 0.25) is 0 Å².